The Morgan fingerprint density at radius 3 is 2.63 bits per heavy atom. The molecule has 1 aromatic carbocycles. The fraction of sp³-hybridized carbons (Fsp3) is 0.190. The number of aromatic nitrogens is 2. The lowest BCUT2D eigenvalue weighted by atomic mass is 10.0. The third-order valence-corrected chi connectivity index (χ3v) is 4.56. The van der Waals surface area contributed by atoms with Gasteiger partial charge in [-0.3, -0.25) is 4.79 Å². The molecule has 0 aliphatic rings. The van der Waals surface area contributed by atoms with Crippen molar-refractivity contribution in [2.24, 2.45) is 0 Å². The number of fused-ring (bicyclic) bond motifs is 1. The highest BCUT2D eigenvalue weighted by Gasteiger charge is 2.21. The predicted molar refractivity (Wildman–Crippen MR) is 101 cm³/mol. The largest absolute Gasteiger partial charge is 0.463 e. The molecule has 0 bridgehead atoms. The SMILES string of the molecule is Cc1ccc(C(C)NC(=O)c2cc(-c3ccco3)nc3onc(C)c23)cc1. The van der Waals surface area contributed by atoms with Crippen LogP contribution in [0.3, 0.4) is 0 Å². The van der Waals surface area contributed by atoms with E-state index in [0.717, 1.165) is 5.56 Å². The Labute approximate surface area is 156 Å². The summed E-state index contributed by atoms with van der Waals surface area (Å²) in [4.78, 5) is 17.5. The highest BCUT2D eigenvalue weighted by atomic mass is 16.5. The number of furan rings is 1. The first-order valence-electron chi connectivity index (χ1n) is 8.71. The van der Waals surface area contributed by atoms with Gasteiger partial charge in [-0.2, -0.15) is 0 Å². The van der Waals surface area contributed by atoms with Crippen molar-refractivity contribution in [1.82, 2.24) is 15.5 Å². The van der Waals surface area contributed by atoms with Gasteiger partial charge in [-0.05, 0) is 44.5 Å². The van der Waals surface area contributed by atoms with Gasteiger partial charge < -0.3 is 14.3 Å². The van der Waals surface area contributed by atoms with Crippen molar-refractivity contribution in [2.75, 3.05) is 0 Å². The molecule has 3 heterocycles. The summed E-state index contributed by atoms with van der Waals surface area (Å²) < 4.78 is 10.7. The number of hydrogen-bond acceptors (Lipinski definition) is 5. The fourth-order valence-electron chi connectivity index (χ4n) is 3.04. The van der Waals surface area contributed by atoms with Crippen molar-refractivity contribution in [2.45, 2.75) is 26.8 Å². The van der Waals surface area contributed by atoms with E-state index in [4.69, 9.17) is 8.94 Å². The topological polar surface area (TPSA) is 81.2 Å². The van der Waals surface area contributed by atoms with E-state index in [2.05, 4.69) is 15.5 Å². The van der Waals surface area contributed by atoms with Gasteiger partial charge in [0.05, 0.1) is 28.9 Å². The zero-order chi connectivity index (χ0) is 19.0. The lowest BCUT2D eigenvalue weighted by Crippen LogP contribution is -2.27. The number of amides is 1. The standard InChI is InChI=1S/C21H19N3O3/c1-12-6-8-15(9-7-12)13(2)22-20(25)16-11-17(18-5-4-10-26-18)23-21-19(16)14(3)24-27-21/h4-11,13H,1-3H3,(H,22,25). The van der Waals surface area contributed by atoms with Crippen LogP contribution in [0.5, 0.6) is 0 Å². The summed E-state index contributed by atoms with van der Waals surface area (Å²) >= 11 is 0. The number of pyridine rings is 1. The third-order valence-electron chi connectivity index (χ3n) is 4.56. The smallest absolute Gasteiger partial charge is 0.259 e. The van der Waals surface area contributed by atoms with Crippen LogP contribution in [-0.2, 0) is 0 Å². The summed E-state index contributed by atoms with van der Waals surface area (Å²) in [6.45, 7) is 5.78. The minimum atomic E-state index is -0.213. The average Bonchev–Trinajstić information content (AvgIpc) is 3.32. The molecule has 27 heavy (non-hydrogen) atoms. The number of nitrogens with one attached hydrogen (secondary N) is 1. The van der Waals surface area contributed by atoms with E-state index < -0.39 is 0 Å². The van der Waals surface area contributed by atoms with Crippen LogP contribution < -0.4 is 5.32 Å². The molecule has 6 heteroatoms. The molecule has 4 rings (SSSR count). The fourth-order valence-corrected chi connectivity index (χ4v) is 3.04. The lowest BCUT2D eigenvalue weighted by Gasteiger charge is -2.15. The lowest BCUT2D eigenvalue weighted by molar-refractivity contribution is 0.0941. The summed E-state index contributed by atoms with van der Waals surface area (Å²) in [6.07, 6.45) is 1.56. The molecule has 6 nitrogen and oxygen atoms in total. The normalized spacial score (nSPS) is 12.3. The maximum atomic E-state index is 13.0. The number of rotatable bonds is 4. The second kappa shape index (κ2) is 6.72. The van der Waals surface area contributed by atoms with Crippen molar-refractivity contribution < 1.29 is 13.7 Å². The van der Waals surface area contributed by atoms with Crippen molar-refractivity contribution in [3.05, 3.63) is 71.1 Å². The van der Waals surface area contributed by atoms with Crippen LogP contribution in [0.4, 0.5) is 0 Å². The van der Waals surface area contributed by atoms with Crippen molar-refractivity contribution in [3.8, 4) is 11.5 Å². The Balaban J connectivity index is 1.72. The van der Waals surface area contributed by atoms with Gasteiger partial charge in [0.25, 0.3) is 11.6 Å². The predicted octanol–water partition coefficient (Wildman–Crippen LogP) is 4.59. The summed E-state index contributed by atoms with van der Waals surface area (Å²) in [5, 5.41) is 7.62. The molecule has 0 fully saturated rings. The zero-order valence-corrected chi connectivity index (χ0v) is 15.3. The quantitative estimate of drug-likeness (QED) is 0.575. The molecule has 0 aliphatic carbocycles. The van der Waals surface area contributed by atoms with Gasteiger partial charge in [-0.1, -0.05) is 35.0 Å². The molecular weight excluding hydrogens is 342 g/mol. The van der Waals surface area contributed by atoms with Gasteiger partial charge in [0.2, 0.25) is 0 Å². The maximum absolute atomic E-state index is 13.0. The molecule has 136 valence electrons. The van der Waals surface area contributed by atoms with Gasteiger partial charge in [0, 0.05) is 0 Å². The molecule has 4 aromatic rings. The van der Waals surface area contributed by atoms with Crippen molar-refractivity contribution in [3.63, 3.8) is 0 Å². The van der Waals surface area contributed by atoms with E-state index in [1.807, 2.05) is 38.1 Å². The number of hydrogen-bond donors (Lipinski definition) is 1. The van der Waals surface area contributed by atoms with Gasteiger partial charge in [0.15, 0.2) is 5.76 Å². The third kappa shape index (κ3) is 3.21. The molecule has 1 atom stereocenters. The number of nitrogens with zero attached hydrogens (tertiary/aromatic N) is 2. The first-order valence-corrected chi connectivity index (χ1v) is 8.71. The van der Waals surface area contributed by atoms with Crippen LogP contribution in [0.1, 0.15) is 40.1 Å². The molecule has 1 unspecified atom stereocenters. The Bertz CT molecular complexity index is 1100. The monoisotopic (exact) mass is 361 g/mol. The summed E-state index contributed by atoms with van der Waals surface area (Å²) in [5.41, 5.74) is 4.14. The van der Waals surface area contributed by atoms with Crippen LogP contribution in [0.25, 0.3) is 22.6 Å². The average molecular weight is 361 g/mol. The van der Waals surface area contributed by atoms with Gasteiger partial charge >= 0.3 is 0 Å². The number of benzene rings is 1. The summed E-state index contributed by atoms with van der Waals surface area (Å²) in [6, 6.07) is 13.2. The molecule has 1 N–H and O–H groups in total. The maximum Gasteiger partial charge on any atom is 0.259 e. The van der Waals surface area contributed by atoms with Crippen molar-refractivity contribution >= 4 is 17.0 Å². The first kappa shape index (κ1) is 17.0. The number of aryl methyl sites for hydroxylation is 2. The molecule has 1 amide bonds. The van der Waals surface area contributed by atoms with E-state index in [1.165, 1.54) is 5.56 Å². The van der Waals surface area contributed by atoms with E-state index in [0.29, 0.717) is 33.8 Å². The van der Waals surface area contributed by atoms with Crippen LogP contribution in [0.15, 0.2) is 57.7 Å². The summed E-state index contributed by atoms with van der Waals surface area (Å²) in [7, 11) is 0. The van der Waals surface area contributed by atoms with Crippen LogP contribution >= 0.6 is 0 Å². The Kier molecular flexibility index (Phi) is 4.24. The Hall–Kier alpha value is -3.41. The van der Waals surface area contributed by atoms with Gasteiger partial charge in [-0.15, -0.1) is 0 Å². The minimum Gasteiger partial charge on any atom is -0.463 e. The highest BCUT2D eigenvalue weighted by molar-refractivity contribution is 6.07. The Morgan fingerprint density at radius 2 is 1.93 bits per heavy atom. The Morgan fingerprint density at radius 1 is 1.15 bits per heavy atom. The van der Waals surface area contributed by atoms with E-state index in [9.17, 15) is 4.79 Å². The van der Waals surface area contributed by atoms with Gasteiger partial charge in [-0.25, -0.2) is 4.98 Å². The molecule has 0 saturated heterocycles. The van der Waals surface area contributed by atoms with Crippen LogP contribution in [0, 0.1) is 13.8 Å². The van der Waals surface area contributed by atoms with Crippen molar-refractivity contribution in [1.29, 1.82) is 0 Å². The molecule has 0 saturated carbocycles. The van der Waals surface area contributed by atoms with Gasteiger partial charge in [0.1, 0.15) is 5.69 Å². The number of carbonyl (C=O) groups excluding carboxylic acids is 1. The van der Waals surface area contributed by atoms with Crippen LogP contribution in [0.2, 0.25) is 0 Å². The van der Waals surface area contributed by atoms with E-state index >= 15 is 0 Å². The zero-order valence-electron chi connectivity index (χ0n) is 15.3. The second-order valence-corrected chi connectivity index (χ2v) is 6.59. The van der Waals surface area contributed by atoms with E-state index in [-0.39, 0.29) is 11.9 Å². The highest BCUT2D eigenvalue weighted by Crippen LogP contribution is 2.27. The molecule has 3 aromatic heterocycles. The molecule has 0 aliphatic heterocycles. The molecule has 0 radical (unpaired) electrons. The van der Waals surface area contributed by atoms with E-state index in [1.54, 1.807) is 31.4 Å². The van der Waals surface area contributed by atoms with Crippen LogP contribution in [-0.4, -0.2) is 16.0 Å². The first-order chi connectivity index (χ1) is 13.0. The number of carbonyl (C=O) groups is 1. The molecular formula is C21H19N3O3. The molecule has 0 spiro atoms. The minimum absolute atomic E-state index is 0.145. The summed E-state index contributed by atoms with van der Waals surface area (Å²) in [5.74, 6) is 0.348. The second-order valence-electron chi connectivity index (χ2n) is 6.59.